The van der Waals surface area contributed by atoms with Crippen molar-refractivity contribution in [2.75, 3.05) is 5.32 Å². The Kier molecular flexibility index (Phi) is 5.81. The summed E-state index contributed by atoms with van der Waals surface area (Å²) in [6, 6.07) is 12.3. The molecule has 0 aliphatic heterocycles. The fourth-order valence-corrected chi connectivity index (χ4v) is 6.12. The number of carboxylic acid groups (broad SMARTS) is 1. The molecule has 2 aromatic carbocycles. The minimum atomic E-state index is -1.11. The van der Waals surface area contributed by atoms with Crippen molar-refractivity contribution in [3.63, 3.8) is 0 Å². The molecule has 3 atom stereocenters. The molecule has 0 bridgehead atoms. The lowest BCUT2D eigenvalue weighted by molar-refractivity contribution is -0.146. The van der Waals surface area contributed by atoms with Crippen molar-refractivity contribution in [3.8, 4) is 0 Å². The molecule has 1 saturated carbocycles. The third-order valence-corrected chi connectivity index (χ3v) is 7.85. The largest absolute Gasteiger partial charge is 0.481 e. The Morgan fingerprint density at radius 1 is 1.18 bits per heavy atom. The maximum atomic E-state index is 13.9. The molecular weight excluding hydrogens is 451 g/mol. The van der Waals surface area contributed by atoms with Gasteiger partial charge in [-0.3, -0.25) is 9.59 Å². The van der Waals surface area contributed by atoms with Gasteiger partial charge in [-0.1, -0.05) is 60.3 Å². The molecule has 1 heterocycles. The van der Waals surface area contributed by atoms with Gasteiger partial charge in [0, 0.05) is 12.3 Å². The van der Waals surface area contributed by atoms with Crippen LogP contribution in [-0.4, -0.2) is 27.4 Å². The lowest BCUT2D eigenvalue weighted by Gasteiger charge is -2.35. The van der Waals surface area contributed by atoms with Crippen molar-refractivity contribution in [1.82, 2.24) is 4.98 Å². The summed E-state index contributed by atoms with van der Waals surface area (Å²) in [7, 11) is 0. The Hall–Kier alpha value is -3.32. The Labute approximate surface area is 201 Å². The van der Waals surface area contributed by atoms with Crippen LogP contribution < -0.4 is 5.32 Å². The number of benzene rings is 2. The van der Waals surface area contributed by atoms with Crippen LogP contribution in [0.25, 0.3) is 15.8 Å². The van der Waals surface area contributed by atoms with Gasteiger partial charge in [-0.15, -0.1) is 0 Å². The van der Waals surface area contributed by atoms with Crippen molar-refractivity contribution in [2.24, 2.45) is 11.8 Å². The number of anilines is 1. The van der Waals surface area contributed by atoms with Gasteiger partial charge < -0.3 is 10.4 Å². The van der Waals surface area contributed by atoms with E-state index >= 15 is 0 Å². The number of nitrogens with one attached hydrogen (secondary N) is 1. The fraction of sp³-hybridized carbons (Fsp3) is 0.296. The molecular formula is C27H25FN2O3S. The first-order valence-electron chi connectivity index (χ1n) is 11.4. The molecule has 1 aromatic heterocycles. The van der Waals surface area contributed by atoms with Crippen LogP contribution in [0, 0.1) is 24.6 Å². The summed E-state index contributed by atoms with van der Waals surface area (Å²) in [5.41, 5.74) is 2.39. The van der Waals surface area contributed by atoms with E-state index in [1.54, 1.807) is 6.07 Å². The van der Waals surface area contributed by atoms with Crippen LogP contribution >= 0.6 is 11.3 Å². The van der Waals surface area contributed by atoms with Crippen LogP contribution in [0.2, 0.25) is 0 Å². The highest BCUT2D eigenvalue weighted by Gasteiger charge is 2.47. The summed E-state index contributed by atoms with van der Waals surface area (Å²) in [5.74, 6) is -2.60. The van der Waals surface area contributed by atoms with Gasteiger partial charge in [0.05, 0.1) is 16.1 Å². The summed E-state index contributed by atoms with van der Waals surface area (Å²) in [6.07, 6.45) is 7.67. The predicted octanol–water partition coefficient (Wildman–Crippen LogP) is 6.01. The Morgan fingerprint density at radius 2 is 1.97 bits per heavy atom. The van der Waals surface area contributed by atoms with Gasteiger partial charge in [-0.25, -0.2) is 9.37 Å². The van der Waals surface area contributed by atoms with E-state index in [1.165, 1.54) is 23.5 Å². The number of para-hydroxylation sites is 1. The molecule has 7 heteroatoms. The molecule has 2 aliphatic carbocycles. The summed E-state index contributed by atoms with van der Waals surface area (Å²) in [6.45, 7) is 2.00. The van der Waals surface area contributed by atoms with E-state index < -0.39 is 23.3 Å². The van der Waals surface area contributed by atoms with Crippen LogP contribution in [0.15, 0.2) is 60.7 Å². The zero-order chi connectivity index (χ0) is 23.9. The molecule has 0 radical (unpaired) electrons. The zero-order valence-electron chi connectivity index (χ0n) is 18.8. The summed E-state index contributed by atoms with van der Waals surface area (Å²) in [5, 5.41) is 13.7. The zero-order valence-corrected chi connectivity index (χ0v) is 19.6. The van der Waals surface area contributed by atoms with Crippen molar-refractivity contribution in [3.05, 3.63) is 77.6 Å². The van der Waals surface area contributed by atoms with Gasteiger partial charge >= 0.3 is 5.97 Å². The number of fused-ring (bicyclic) bond motifs is 1. The minimum Gasteiger partial charge on any atom is -0.481 e. The van der Waals surface area contributed by atoms with Gasteiger partial charge in [-0.2, -0.15) is 0 Å². The maximum absolute atomic E-state index is 13.9. The number of aromatic nitrogens is 1. The molecule has 5 nitrogen and oxygen atoms in total. The van der Waals surface area contributed by atoms with E-state index in [2.05, 4.69) is 5.32 Å². The lowest BCUT2D eigenvalue weighted by atomic mass is 9.76. The number of allylic oxidation sites excluding steroid dienone is 2. The Balaban J connectivity index is 1.52. The number of aliphatic carboxylic acids is 1. The van der Waals surface area contributed by atoms with Crippen LogP contribution in [0.5, 0.6) is 0 Å². The number of hydrogen-bond acceptors (Lipinski definition) is 5. The van der Waals surface area contributed by atoms with E-state index in [9.17, 15) is 19.1 Å². The number of rotatable bonds is 6. The Bertz CT molecular complexity index is 1340. The highest BCUT2D eigenvalue weighted by atomic mass is 32.1. The topological polar surface area (TPSA) is 79.3 Å². The first-order valence-corrected chi connectivity index (χ1v) is 12.2. The van der Waals surface area contributed by atoms with E-state index in [0.29, 0.717) is 24.4 Å². The number of carbonyl (C=O) groups excluding carboxylic acids is 1. The lowest BCUT2D eigenvalue weighted by Crippen LogP contribution is -2.49. The summed E-state index contributed by atoms with van der Waals surface area (Å²) < 4.78 is 14.8. The van der Waals surface area contributed by atoms with Crippen molar-refractivity contribution in [2.45, 2.75) is 38.1 Å². The Morgan fingerprint density at radius 3 is 2.68 bits per heavy atom. The molecule has 0 amide bonds. The van der Waals surface area contributed by atoms with Gasteiger partial charge in [-0.05, 0) is 54.7 Å². The average Bonchev–Trinajstić information content (AvgIpc) is 3.47. The molecule has 3 aromatic rings. The SMILES string of the molecule is Cc1cccc2sc(NC3(C(=O)[C@@H]4CCC[C@H]4C(=O)O)C=CC(c4cccc(F)c4)=CC3)nc12. The molecule has 174 valence electrons. The molecule has 2 aliphatic rings. The smallest absolute Gasteiger partial charge is 0.307 e. The number of carboxylic acids is 1. The molecule has 1 fully saturated rings. The summed E-state index contributed by atoms with van der Waals surface area (Å²) in [4.78, 5) is 30.5. The number of aryl methyl sites for hydroxylation is 1. The highest BCUT2D eigenvalue weighted by Crippen LogP contribution is 2.41. The second kappa shape index (κ2) is 8.80. The molecule has 5 rings (SSSR count). The fourth-order valence-electron chi connectivity index (χ4n) is 5.09. The van der Waals surface area contributed by atoms with Crippen molar-refractivity contribution >= 4 is 44.0 Å². The number of hydrogen-bond donors (Lipinski definition) is 2. The standard InChI is InChI=1S/C27H25FN2O3S/c1-16-5-2-10-22-23(16)29-26(34-22)30-27(24(31)20-8-4-9-21(20)25(32)33)13-11-17(12-14-27)18-6-3-7-19(28)15-18/h2-3,5-7,10-13,15,20-21H,4,8-9,14H2,1H3,(H,29,30)(H,32,33)/t20-,21-,27?/m1/s1. The second-order valence-corrected chi connectivity index (χ2v) is 10.1. The van der Waals surface area contributed by atoms with Crippen LogP contribution in [0.1, 0.15) is 36.8 Å². The maximum Gasteiger partial charge on any atom is 0.307 e. The first kappa shape index (κ1) is 22.5. The minimum absolute atomic E-state index is 0.126. The second-order valence-electron chi connectivity index (χ2n) is 9.09. The van der Waals surface area contributed by atoms with Gasteiger partial charge in [0.25, 0.3) is 0 Å². The van der Waals surface area contributed by atoms with Crippen LogP contribution in [0.4, 0.5) is 9.52 Å². The number of Topliss-reactive ketones (excluding diaryl/α,β-unsaturated/α-hetero) is 1. The third-order valence-electron chi connectivity index (χ3n) is 6.91. The number of halogens is 1. The number of thiazole rings is 1. The van der Waals surface area contributed by atoms with Gasteiger partial charge in [0.1, 0.15) is 11.4 Å². The monoisotopic (exact) mass is 476 g/mol. The van der Waals surface area contributed by atoms with Crippen LogP contribution in [0.3, 0.4) is 0 Å². The van der Waals surface area contributed by atoms with Crippen LogP contribution in [-0.2, 0) is 9.59 Å². The predicted molar refractivity (Wildman–Crippen MR) is 132 cm³/mol. The van der Waals surface area contributed by atoms with E-state index in [0.717, 1.165) is 33.3 Å². The molecule has 1 unspecified atom stereocenters. The first-order chi connectivity index (χ1) is 16.4. The number of carbonyl (C=O) groups is 2. The van der Waals surface area contributed by atoms with Gasteiger partial charge in [0.15, 0.2) is 10.9 Å². The average molecular weight is 477 g/mol. The summed E-state index contributed by atoms with van der Waals surface area (Å²) >= 11 is 1.47. The van der Waals surface area contributed by atoms with E-state index in [4.69, 9.17) is 4.98 Å². The third kappa shape index (κ3) is 4.05. The molecule has 34 heavy (non-hydrogen) atoms. The van der Waals surface area contributed by atoms with Crippen molar-refractivity contribution in [1.29, 1.82) is 0 Å². The molecule has 2 N–H and O–H groups in total. The van der Waals surface area contributed by atoms with Crippen molar-refractivity contribution < 1.29 is 19.1 Å². The number of nitrogens with zero attached hydrogens (tertiary/aromatic N) is 1. The quantitative estimate of drug-likeness (QED) is 0.456. The van der Waals surface area contributed by atoms with E-state index in [1.807, 2.05) is 49.4 Å². The molecule has 0 spiro atoms. The number of ketones is 1. The van der Waals surface area contributed by atoms with E-state index in [-0.39, 0.29) is 11.6 Å². The van der Waals surface area contributed by atoms with Gasteiger partial charge in [0.2, 0.25) is 0 Å². The normalized spacial score (nSPS) is 24.2. The highest BCUT2D eigenvalue weighted by molar-refractivity contribution is 7.22. The molecule has 0 saturated heterocycles.